The molecule has 0 spiro atoms. The number of nitrogens with zero attached hydrogens (tertiary/aromatic N) is 2. The number of nitrogens with one attached hydrogen (secondary N) is 1. The van der Waals surface area contributed by atoms with E-state index in [-0.39, 0.29) is 6.04 Å². The van der Waals surface area contributed by atoms with Crippen molar-refractivity contribution in [3.8, 4) is 0 Å². The lowest BCUT2D eigenvalue weighted by atomic mass is 10.1. The summed E-state index contributed by atoms with van der Waals surface area (Å²) < 4.78 is 2.24. The molecule has 1 aliphatic rings. The van der Waals surface area contributed by atoms with Crippen LogP contribution in [-0.4, -0.2) is 16.1 Å². The average molecular weight is 291 g/mol. The fourth-order valence-electron chi connectivity index (χ4n) is 2.38. The maximum absolute atomic E-state index is 6.17. The molecule has 0 saturated heterocycles. The molecule has 1 fully saturated rings. The summed E-state index contributed by atoms with van der Waals surface area (Å²) in [5.41, 5.74) is 9.14. The van der Waals surface area contributed by atoms with E-state index in [9.17, 15) is 0 Å². The van der Waals surface area contributed by atoms with Gasteiger partial charge in [0.25, 0.3) is 0 Å². The van der Waals surface area contributed by atoms with E-state index < -0.39 is 0 Å². The van der Waals surface area contributed by atoms with E-state index in [0.29, 0.717) is 12.6 Å². The highest BCUT2D eigenvalue weighted by atomic mass is 35.5. The smallest absolute Gasteiger partial charge is 0.0951 e. The second kappa shape index (κ2) is 5.46. The van der Waals surface area contributed by atoms with Crippen molar-refractivity contribution < 1.29 is 0 Å². The highest BCUT2D eigenvalue weighted by molar-refractivity contribution is 6.31. The third-order valence-corrected chi connectivity index (χ3v) is 4.15. The van der Waals surface area contributed by atoms with Gasteiger partial charge in [0.15, 0.2) is 0 Å². The van der Waals surface area contributed by atoms with Crippen LogP contribution in [0.3, 0.4) is 0 Å². The fraction of sp³-hybridized carbons (Fsp3) is 0.400. The summed E-state index contributed by atoms with van der Waals surface area (Å²) in [6.07, 6.45) is 6.27. The molecule has 1 unspecified atom stereocenters. The maximum atomic E-state index is 6.17. The lowest BCUT2D eigenvalue weighted by Gasteiger charge is -2.20. The molecular formula is C15H19ClN4. The molecule has 3 N–H and O–H groups in total. The topological polar surface area (TPSA) is 55.9 Å². The number of hydrogen-bond donors (Lipinski definition) is 2. The second-order valence-corrected chi connectivity index (χ2v) is 5.76. The molecule has 0 amide bonds. The fourth-order valence-corrected chi connectivity index (χ4v) is 2.56. The zero-order chi connectivity index (χ0) is 14.1. The molecule has 2 aromatic rings. The highest BCUT2D eigenvalue weighted by Gasteiger charge is 2.27. The molecule has 3 rings (SSSR count). The number of rotatable bonds is 5. The number of benzene rings is 1. The van der Waals surface area contributed by atoms with Crippen LogP contribution in [0.15, 0.2) is 30.7 Å². The van der Waals surface area contributed by atoms with Gasteiger partial charge in [0.2, 0.25) is 0 Å². The van der Waals surface area contributed by atoms with Crippen LogP contribution in [0.4, 0.5) is 5.69 Å². The monoisotopic (exact) mass is 290 g/mol. The average Bonchev–Trinajstić information content (AvgIpc) is 3.18. The molecule has 106 valence electrons. The summed E-state index contributed by atoms with van der Waals surface area (Å²) in [5.74, 6) is 0. The van der Waals surface area contributed by atoms with E-state index in [1.807, 2.05) is 37.6 Å². The minimum absolute atomic E-state index is 0.0527. The lowest BCUT2D eigenvalue weighted by molar-refractivity contribution is 0.642. The molecule has 20 heavy (non-hydrogen) atoms. The summed E-state index contributed by atoms with van der Waals surface area (Å²) in [5, 5.41) is 4.22. The Morgan fingerprint density at radius 3 is 2.95 bits per heavy atom. The third kappa shape index (κ3) is 2.67. The number of aryl methyl sites for hydroxylation is 1. The van der Waals surface area contributed by atoms with Crippen LogP contribution in [0.1, 0.15) is 36.2 Å². The van der Waals surface area contributed by atoms with Gasteiger partial charge in [-0.2, -0.15) is 0 Å². The van der Waals surface area contributed by atoms with Gasteiger partial charge in [0, 0.05) is 23.3 Å². The van der Waals surface area contributed by atoms with Crippen LogP contribution in [-0.2, 0) is 0 Å². The van der Waals surface area contributed by atoms with Gasteiger partial charge < -0.3 is 15.6 Å². The molecule has 4 nitrogen and oxygen atoms in total. The van der Waals surface area contributed by atoms with Crippen LogP contribution in [0.2, 0.25) is 5.02 Å². The Morgan fingerprint density at radius 2 is 2.30 bits per heavy atom. The first-order chi connectivity index (χ1) is 9.69. The van der Waals surface area contributed by atoms with E-state index in [0.717, 1.165) is 22.0 Å². The molecule has 1 heterocycles. The SMILES string of the molecule is Cc1ccc(NC(CN)c2cncn2C2CC2)cc1Cl. The number of imidazole rings is 1. The van der Waals surface area contributed by atoms with E-state index in [4.69, 9.17) is 17.3 Å². The van der Waals surface area contributed by atoms with Crippen molar-refractivity contribution in [1.82, 2.24) is 9.55 Å². The minimum Gasteiger partial charge on any atom is -0.375 e. The normalized spacial score (nSPS) is 16.1. The molecule has 0 radical (unpaired) electrons. The van der Waals surface area contributed by atoms with Crippen LogP contribution in [0.5, 0.6) is 0 Å². The molecule has 5 heteroatoms. The van der Waals surface area contributed by atoms with Crippen molar-refractivity contribution in [3.05, 3.63) is 47.0 Å². The van der Waals surface area contributed by atoms with Gasteiger partial charge in [-0.05, 0) is 37.5 Å². The predicted molar refractivity (Wildman–Crippen MR) is 82.1 cm³/mol. The highest BCUT2D eigenvalue weighted by Crippen LogP contribution is 2.37. The van der Waals surface area contributed by atoms with Gasteiger partial charge >= 0.3 is 0 Å². The number of aromatic nitrogens is 2. The predicted octanol–water partition coefficient (Wildman–Crippen LogP) is 3.29. The van der Waals surface area contributed by atoms with Gasteiger partial charge in [-0.3, -0.25) is 0 Å². The zero-order valence-corrected chi connectivity index (χ0v) is 12.3. The quantitative estimate of drug-likeness (QED) is 0.888. The van der Waals surface area contributed by atoms with Crippen LogP contribution >= 0.6 is 11.6 Å². The van der Waals surface area contributed by atoms with Gasteiger partial charge in [0.1, 0.15) is 0 Å². The summed E-state index contributed by atoms with van der Waals surface area (Å²) in [4.78, 5) is 4.27. The Morgan fingerprint density at radius 1 is 1.50 bits per heavy atom. The van der Waals surface area contributed by atoms with Crippen molar-refractivity contribution in [2.45, 2.75) is 31.8 Å². The standard InChI is InChI=1S/C15H19ClN4/c1-10-2-3-11(6-13(10)16)19-14(7-17)15-8-18-9-20(15)12-4-5-12/h2-3,6,8-9,12,14,19H,4-5,7,17H2,1H3. The minimum atomic E-state index is 0.0527. The Kier molecular flexibility index (Phi) is 3.68. The van der Waals surface area contributed by atoms with Crippen molar-refractivity contribution in [2.24, 2.45) is 5.73 Å². The van der Waals surface area contributed by atoms with Gasteiger partial charge in [-0.15, -0.1) is 0 Å². The van der Waals surface area contributed by atoms with Crippen LogP contribution in [0.25, 0.3) is 0 Å². The largest absolute Gasteiger partial charge is 0.375 e. The Labute approximate surface area is 124 Å². The van der Waals surface area contributed by atoms with Crippen molar-refractivity contribution >= 4 is 17.3 Å². The molecule has 1 aromatic carbocycles. The van der Waals surface area contributed by atoms with Crippen molar-refractivity contribution in [1.29, 1.82) is 0 Å². The number of anilines is 1. The Balaban J connectivity index is 1.82. The number of nitrogens with two attached hydrogens (primary N) is 1. The first kappa shape index (κ1) is 13.5. The summed E-state index contributed by atoms with van der Waals surface area (Å²) in [6.45, 7) is 2.51. The molecule has 1 aromatic heterocycles. The van der Waals surface area contributed by atoms with Crippen LogP contribution in [0, 0.1) is 6.92 Å². The van der Waals surface area contributed by atoms with Gasteiger partial charge in [-0.25, -0.2) is 4.98 Å². The Bertz CT molecular complexity index is 604. The van der Waals surface area contributed by atoms with Crippen LogP contribution < -0.4 is 11.1 Å². The number of hydrogen-bond acceptors (Lipinski definition) is 3. The second-order valence-electron chi connectivity index (χ2n) is 5.35. The van der Waals surface area contributed by atoms with Gasteiger partial charge in [-0.1, -0.05) is 17.7 Å². The lowest BCUT2D eigenvalue weighted by Crippen LogP contribution is -2.23. The first-order valence-corrected chi connectivity index (χ1v) is 7.31. The van der Waals surface area contributed by atoms with Crippen molar-refractivity contribution in [2.75, 3.05) is 11.9 Å². The zero-order valence-electron chi connectivity index (χ0n) is 11.5. The summed E-state index contributed by atoms with van der Waals surface area (Å²) >= 11 is 6.17. The molecule has 1 saturated carbocycles. The number of halogens is 1. The van der Waals surface area contributed by atoms with E-state index in [1.165, 1.54) is 12.8 Å². The van der Waals surface area contributed by atoms with Crippen molar-refractivity contribution in [3.63, 3.8) is 0 Å². The molecule has 1 atom stereocenters. The Hall–Kier alpha value is -1.52. The molecule has 0 bridgehead atoms. The molecule has 0 aliphatic heterocycles. The molecular weight excluding hydrogens is 272 g/mol. The van der Waals surface area contributed by atoms with E-state index in [1.54, 1.807) is 0 Å². The maximum Gasteiger partial charge on any atom is 0.0951 e. The molecule has 1 aliphatic carbocycles. The summed E-state index contributed by atoms with van der Waals surface area (Å²) in [7, 11) is 0. The summed E-state index contributed by atoms with van der Waals surface area (Å²) in [6, 6.07) is 6.64. The first-order valence-electron chi connectivity index (χ1n) is 6.93. The third-order valence-electron chi connectivity index (χ3n) is 3.74. The van der Waals surface area contributed by atoms with E-state index >= 15 is 0 Å². The van der Waals surface area contributed by atoms with Gasteiger partial charge in [0.05, 0.1) is 24.3 Å². The van der Waals surface area contributed by atoms with E-state index in [2.05, 4.69) is 14.9 Å².